The molecule has 13 heavy (non-hydrogen) atoms. The van der Waals surface area contributed by atoms with Gasteiger partial charge >= 0.3 is 0 Å². The average Bonchev–Trinajstić information content (AvgIpc) is 2.13. The van der Waals surface area contributed by atoms with Gasteiger partial charge in [-0.25, -0.2) is 0 Å². The summed E-state index contributed by atoms with van der Waals surface area (Å²) in [6, 6.07) is 0. The van der Waals surface area contributed by atoms with E-state index in [1.54, 1.807) is 0 Å². The molecule has 0 aromatic heterocycles. The molecule has 0 aromatic rings. The number of rotatable bonds is 6. The second-order valence-corrected chi connectivity index (χ2v) is 3.98. The van der Waals surface area contributed by atoms with Crippen molar-refractivity contribution in [3.05, 3.63) is 24.3 Å². The van der Waals surface area contributed by atoms with Crippen LogP contribution in [0.15, 0.2) is 24.3 Å². The molecule has 0 amide bonds. The molecule has 0 rings (SSSR count). The zero-order chi connectivity index (χ0) is 10.3. The van der Waals surface area contributed by atoms with E-state index in [1.165, 1.54) is 12.0 Å². The predicted octanol–water partition coefficient (Wildman–Crippen LogP) is 4.58. The van der Waals surface area contributed by atoms with Crippen molar-refractivity contribution in [2.45, 2.75) is 47.0 Å². The maximum Gasteiger partial charge on any atom is -0.0233 e. The molecule has 2 unspecified atom stereocenters. The van der Waals surface area contributed by atoms with Crippen LogP contribution >= 0.6 is 0 Å². The van der Waals surface area contributed by atoms with E-state index in [0.29, 0.717) is 5.92 Å². The van der Waals surface area contributed by atoms with Gasteiger partial charge in [-0.1, -0.05) is 52.0 Å². The van der Waals surface area contributed by atoms with Gasteiger partial charge in [0.1, 0.15) is 0 Å². The number of hydrogen-bond acceptors (Lipinski definition) is 0. The highest BCUT2D eigenvalue weighted by atomic mass is 14.1. The Morgan fingerprint density at radius 2 is 1.92 bits per heavy atom. The Balaban J connectivity index is 3.88. The monoisotopic (exact) mass is 180 g/mol. The van der Waals surface area contributed by atoms with Crippen LogP contribution in [-0.4, -0.2) is 0 Å². The normalized spacial score (nSPS) is 16.0. The summed E-state index contributed by atoms with van der Waals surface area (Å²) in [7, 11) is 0. The molecule has 0 N–H and O–H groups in total. The lowest BCUT2D eigenvalue weighted by Gasteiger charge is -2.17. The van der Waals surface area contributed by atoms with E-state index in [1.807, 2.05) is 0 Å². The van der Waals surface area contributed by atoms with Crippen LogP contribution in [0.5, 0.6) is 0 Å². The van der Waals surface area contributed by atoms with Crippen LogP contribution in [0.1, 0.15) is 47.0 Å². The molecule has 0 radical (unpaired) electrons. The van der Waals surface area contributed by atoms with E-state index < -0.39 is 0 Å². The molecule has 0 aliphatic carbocycles. The summed E-state index contributed by atoms with van der Waals surface area (Å²) in [4.78, 5) is 0. The Morgan fingerprint density at radius 3 is 2.38 bits per heavy atom. The minimum atomic E-state index is 0.684. The first-order chi connectivity index (χ1) is 6.11. The first-order valence-corrected chi connectivity index (χ1v) is 5.45. The van der Waals surface area contributed by atoms with E-state index in [4.69, 9.17) is 0 Å². The van der Waals surface area contributed by atoms with Crippen molar-refractivity contribution >= 4 is 0 Å². The smallest absolute Gasteiger partial charge is 0.0233 e. The summed E-state index contributed by atoms with van der Waals surface area (Å²) >= 11 is 0. The van der Waals surface area contributed by atoms with Gasteiger partial charge in [-0.15, -0.1) is 0 Å². The fourth-order valence-corrected chi connectivity index (χ4v) is 1.33. The molecule has 0 aliphatic heterocycles. The molecule has 0 saturated carbocycles. The van der Waals surface area contributed by atoms with Gasteiger partial charge in [0.05, 0.1) is 0 Å². The minimum absolute atomic E-state index is 0.684. The first-order valence-electron chi connectivity index (χ1n) is 5.45. The molecule has 76 valence electrons. The third-order valence-corrected chi connectivity index (χ3v) is 2.68. The van der Waals surface area contributed by atoms with Crippen molar-refractivity contribution in [3.63, 3.8) is 0 Å². The van der Waals surface area contributed by atoms with Crippen LogP contribution in [0.2, 0.25) is 0 Å². The van der Waals surface area contributed by atoms with Crippen LogP contribution in [0.3, 0.4) is 0 Å². The van der Waals surface area contributed by atoms with Crippen LogP contribution in [0.25, 0.3) is 0 Å². The molecule has 0 aliphatic rings. The fraction of sp³-hybridized carbons (Fsp3) is 0.692. The molecule has 0 heterocycles. The maximum absolute atomic E-state index is 4.05. The van der Waals surface area contributed by atoms with Crippen LogP contribution < -0.4 is 0 Å². The van der Waals surface area contributed by atoms with Gasteiger partial charge in [0.15, 0.2) is 0 Å². The highest BCUT2D eigenvalue weighted by Gasteiger charge is 2.09. The zero-order valence-electron chi connectivity index (χ0n) is 9.64. The summed E-state index contributed by atoms with van der Waals surface area (Å²) in [5.74, 6) is 1.42. The highest BCUT2D eigenvalue weighted by molar-refractivity contribution is 4.97. The lowest BCUT2D eigenvalue weighted by atomic mass is 9.89. The molecule has 0 heteroatoms. The van der Waals surface area contributed by atoms with Gasteiger partial charge < -0.3 is 0 Å². The Kier molecular flexibility index (Phi) is 6.66. The van der Waals surface area contributed by atoms with E-state index in [-0.39, 0.29) is 0 Å². The second kappa shape index (κ2) is 6.94. The van der Waals surface area contributed by atoms with Crippen molar-refractivity contribution in [1.29, 1.82) is 0 Å². The van der Waals surface area contributed by atoms with Gasteiger partial charge in [-0.05, 0) is 31.1 Å². The van der Waals surface area contributed by atoms with E-state index in [2.05, 4.69) is 46.4 Å². The quantitative estimate of drug-likeness (QED) is 0.525. The number of hydrogen-bond donors (Lipinski definition) is 0. The van der Waals surface area contributed by atoms with E-state index >= 15 is 0 Å². The molecular formula is C13H24. The van der Waals surface area contributed by atoms with Crippen LogP contribution in [0.4, 0.5) is 0 Å². The van der Waals surface area contributed by atoms with E-state index in [0.717, 1.165) is 18.8 Å². The third kappa shape index (κ3) is 5.68. The summed E-state index contributed by atoms with van der Waals surface area (Å²) in [5.41, 5.74) is 1.38. The second-order valence-electron chi connectivity index (χ2n) is 3.98. The van der Waals surface area contributed by atoms with Crippen LogP contribution in [0, 0.1) is 11.8 Å². The first kappa shape index (κ1) is 12.5. The summed E-state index contributed by atoms with van der Waals surface area (Å²) in [6.07, 6.45) is 8.02. The Hall–Kier alpha value is -0.520. The summed E-state index contributed by atoms with van der Waals surface area (Å²) in [6.45, 7) is 13.0. The molecule has 0 nitrogen and oxygen atoms in total. The van der Waals surface area contributed by atoms with E-state index in [9.17, 15) is 0 Å². The molecule has 0 bridgehead atoms. The maximum atomic E-state index is 4.05. The van der Waals surface area contributed by atoms with Gasteiger partial charge in [0, 0.05) is 0 Å². The summed E-state index contributed by atoms with van der Waals surface area (Å²) in [5, 5.41) is 0. The third-order valence-electron chi connectivity index (χ3n) is 2.68. The molecule has 2 atom stereocenters. The Labute approximate surface area is 83.7 Å². The molecular weight excluding hydrogens is 156 g/mol. The average molecular weight is 180 g/mol. The summed E-state index contributed by atoms with van der Waals surface area (Å²) < 4.78 is 0. The van der Waals surface area contributed by atoms with Crippen molar-refractivity contribution in [2.24, 2.45) is 11.8 Å². The standard InChI is InChI=1S/C13H24/c1-6-8-9-12(4)13(5)10-11(3)7-2/h8-9,12-13H,3,6-7,10H2,1-2,4-5H3. The van der Waals surface area contributed by atoms with Gasteiger partial charge in [-0.3, -0.25) is 0 Å². The Bertz CT molecular complexity index is 165. The predicted molar refractivity (Wildman–Crippen MR) is 61.8 cm³/mol. The number of allylic oxidation sites excluding steroid dienone is 3. The van der Waals surface area contributed by atoms with Crippen molar-refractivity contribution in [3.8, 4) is 0 Å². The Morgan fingerprint density at radius 1 is 1.31 bits per heavy atom. The molecule has 0 spiro atoms. The fourth-order valence-electron chi connectivity index (χ4n) is 1.33. The minimum Gasteiger partial charge on any atom is -0.0999 e. The zero-order valence-corrected chi connectivity index (χ0v) is 9.64. The van der Waals surface area contributed by atoms with Crippen molar-refractivity contribution < 1.29 is 0 Å². The van der Waals surface area contributed by atoms with Gasteiger partial charge in [0.25, 0.3) is 0 Å². The largest absolute Gasteiger partial charge is 0.0999 e. The van der Waals surface area contributed by atoms with Crippen molar-refractivity contribution in [1.82, 2.24) is 0 Å². The van der Waals surface area contributed by atoms with Gasteiger partial charge in [-0.2, -0.15) is 0 Å². The SMILES string of the molecule is C=C(CC)CC(C)C(C)C=CCC. The van der Waals surface area contributed by atoms with Gasteiger partial charge in [0.2, 0.25) is 0 Å². The lowest BCUT2D eigenvalue weighted by molar-refractivity contribution is 0.452. The topological polar surface area (TPSA) is 0 Å². The highest BCUT2D eigenvalue weighted by Crippen LogP contribution is 2.21. The van der Waals surface area contributed by atoms with Crippen molar-refractivity contribution in [2.75, 3.05) is 0 Å². The molecule has 0 fully saturated rings. The lowest BCUT2D eigenvalue weighted by Crippen LogP contribution is -2.05. The molecule has 0 aromatic carbocycles. The molecule has 0 saturated heterocycles. The van der Waals surface area contributed by atoms with Crippen LogP contribution in [-0.2, 0) is 0 Å².